The van der Waals surface area contributed by atoms with Crippen molar-refractivity contribution in [1.82, 2.24) is 9.97 Å². The van der Waals surface area contributed by atoms with Gasteiger partial charge in [-0.1, -0.05) is 0 Å². The summed E-state index contributed by atoms with van der Waals surface area (Å²) in [6.07, 6.45) is 1.15. The fraction of sp³-hybridized carbons (Fsp3) is 0.143. The standard InChI is InChI=1S/C7H5ClN2O3S/c1-4-10-7-6(13-4)2-5(3-9-7)14(8,11)12/h2-3H,1H3. The van der Waals surface area contributed by atoms with Crippen LogP contribution < -0.4 is 0 Å². The Labute approximate surface area is 84.1 Å². The topological polar surface area (TPSA) is 73.1 Å². The second-order valence-corrected chi connectivity index (χ2v) is 5.23. The number of halogens is 1. The molecule has 14 heavy (non-hydrogen) atoms. The second kappa shape index (κ2) is 2.93. The van der Waals surface area contributed by atoms with E-state index >= 15 is 0 Å². The first-order valence-corrected chi connectivity index (χ1v) is 5.95. The van der Waals surface area contributed by atoms with E-state index in [4.69, 9.17) is 15.1 Å². The highest BCUT2D eigenvalue weighted by Gasteiger charge is 2.13. The van der Waals surface area contributed by atoms with Gasteiger partial charge in [0.05, 0.1) is 0 Å². The predicted octanol–water partition coefficient (Wildman–Crippen LogP) is 1.46. The van der Waals surface area contributed by atoms with Crippen molar-refractivity contribution in [3.05, 3.63) is 18.2 Å². The van der Waals surface area contributed by atoms with Gasteiger partial charge in [-0.25, -0.2) is 13.4 Å². The van der Waals surface area contributed by atoms with Crippen LogP contribution in [0.2, 0.25) is 0 Å². The van der Waals surface area contributed by atoms with Crippen molar-refractivity contribution >= 4 is 31.0 Å². The van der Waals surface area contributed by atoms with E-state index in [1.807, 2.05) is 0 Å². The third-order valence-corrected chi connectivity index (χ3v) is 2.93. The molecule has 0 aromatic carbocycles. The lowest BCUT2D eigenvalue weighted by Gasteiger charge is -1.92. The molecule has 0 radical (unpaired) electrons. The van der Waals surface area contributed by atoms with Gasteiger partial charge in [0.2, 0.25) is 0 Å². The Morgan fingerprint density at radius 2 is 2.21 bits per heavy atom. The van der Waals surface area contributed by atoms with Gasteiger partial charge in [0, 0.05) is 29.9 Å². The monoisotopic (exact) mass is 232 g/mol. The molecule has 2 rings (SSSR count). The van der Waals surface area contributed by atoms with Gasteiger partial charge in [0.1, 0.15) is 4.90 Å². The Morgan fingerprint density at radius 1 is 1.50 bits per heavy atom. The lowest BCUT2D eigenvalue weighted by atomic mass is 10.5. The Balaban J connectivity index is 2.74. The summed E-state index contributed by atoms with van der Waals surface area (Å²) in [6.45, 7) is 1.65. The summed E-state index contributed by atoms with van der Waals surface area (Å²) in [6, 6.07) is 1.30. The average Bonchev–Trinajstić information content (AvgIpc) is 2.41. The van der Waals surface area contributed by atoms with Gasteiger partial charge in [-0.2, -0.15) is 4.98 Å². The van der Waals surface area contributed by atoms with Crippen molar-refractivity contribution < 1.29 is 12.8 Å². The quantitative estimate of drug-likeness (QED) is 0.696. The molecule has 0 N–H and O–H groups in total. The highest BCUT2D eigenvalue weighted by Crippen LogP contribution is 2.19. The molecule has 0 saturated heterocycles. The van der Waals surface area contributed by atoms with E-state index < -0.39 is 9.05 Å². The molecule has 0 aliphatic carbocycles. The lowest BCUT2D eigenvalue weighted by molar-refractivity contribution is 0.559. The number of aryl methyl sites for hydroxylation is 1. The molecule has 2 aromatic heterocycles. The van der Waals surface area contributed by atoms with Crippen LogP contribution in [0.15, 0.2) is 21.6 Å². The number of pyridine rings is 1. The summed E-state index contributed by atoms with van der Waals surface area (Å²) < 4.78 is 27.0. The normalized spacial score (nSPS) is 12.1. The Kier molecular flexibility index (Phi) is 1.97. The first kappa shape index (κ1) is 9.42. The summed E-state index contributed by atoms with van der Waals surface area (Å²) in [7, 11) is 1.37. The number of nitrogens with zero attached hydrogens (tertiary/aromatic N) is 2. The summed E-state index contributed by atoms with van der Waals surface area (Å²) in [5.74, 6) is 0.427. The molecule has 0 fully saturated rings. The van der Waals surface area contributed by atoms with Crippen molar-refractivity contribution in [2.75, 3.05) is 0 Å². The van der Waals surface area contributed by atoms with Crippen LogP contribution in [0.1, 0.15) is 5.89 Å². The highest BCUT2D eigenvalue weighted by molar-refractivity contribution is 8.13. The molecule has 7 heteroatoms. The zero-order valence-corrected chi connectivity index (χ0v) is 8.63. The second-order valence-electron chi connectivity index (χ2n) is 2.66. The average molecular weight is 233 g/mol. The van der Waals surface area contributed by atoms with Crippen molar-refractivity contribution in [3.8, 4) is 0 Å². The maximum Gasteiger partial charge on any atom is 0.262 e. The van der Waals surface area contributed by atoms with E-state index in [1.54, 1.807) is 6.92 Å². The van der Waals surface area contributed by atoms with Gasteiger partial charge in [0.25, 0.3) is 9.05 Å². The molecule has 2 heterocycles. The minimum Gasteiger partial charge on any atom is -0.439 e. The van der Waals surface area contributed by atoms with E-state index in [9.17, 15) is 8.42 Å². The third kappa shape index (κ3) is 1.58. The predicted molar refractivity (Wildman–Crippen MR) is 49.6 cm³/mol. The van der Waals surface area contributed by atoms with E-state index in [1.165, 1.54) is 6.07 Å². The van der Waals surface area contributed by atoms with Gasteiger partial charge in [0.15, 0.2) is 17.1 Å². The van der Waals surface area contributed by atoms with Crippen molar-refractivity contribution in [1.29, 1.82) is 0 Å². The number of fused-ring (bicyclic) bond motifs is 1. The van der Waals surface area contributed by atoms with Crippen molar-refractivity contribution in [3.63, 3.8) is 0 Å². The maximum atomic E-state index is 10.9. The summed E-state index contributed by atoms with van der Waals surface area (Å²) in [5.41, 5.74) is 0.677. The summed E-state index contributed by atoms with van der Waals surface area (Å²) >= 11 is 0. The molecule has 5 nitrogen and oxygen atoms in total. The summed E-state index contributed by atoms with van der Waals surface area (Å²) in [4.78, 5) is 7.63. The molecular weight excluding hydrogens is 228 g/mol. The van der Waals surface area contributed by atoms with Crippen LogP contribution in [0.25, 0.3) is 11.2 Å². The van der Waals surface area contributed by atoms with Crippen LogP contribution in [-0.2, 0) is 9.05 Å². The van der Waals surface area contributed by atoms with Crippen LogP contribution >= 0.6 is 10.7 Å². The zero-order valence-electron chi connectivity index (χ0n) is 7.06. The Hall–Kier alpha value is -1.14. The summed E-state index contributed by atoms with van der Waals surface area (Å²) in [5, 5.41) is 0. The number of oxazole rings is 1. The number of aromatic nitrogens is 2. The minimum absolute atomic E-state index is 0.0946. The fourth-order valence-corrected chi connectivity index (χ4v) is 1.72. The highest BCUT2D eigenvalue weighted by atomic mass is 35.7. The first-order valence-electron chi connectivity index (χ1n) is 3.65. The zero-order chi connectivity index (χ0) is 10.3. The van der Waals surface area contributed by atoms with Gasteiger partial charge in [-0.15, -0.1) is 0 Å². The van der Waals surface area contributed by atoms with Crippen molar-refractivity contribution in [2.45, 2.75) is 11.8 Å². The molecule has 0 unspecified atom stereocenters. The molecule has 74 valence electrons. The molecule has 0 atom stereocenters. The Morgan fingerprint density at radius 3 is 2.86 bits per heavy atom. The number of hydrogen-bond acceptors (Lipinski definition) is 5. The smallest absolute Gasteiger partial charge is 0.262 e. The van der Waals surface area contributed by atoms with Gasteiger partial charge in [-0.05, 0) is 0 Å². The van der Waals surface area contributed by atoms with Crippen molar-refractivity contribution in [2.24, 2.45) is 0 Å². The van der Waals surface area contributed by atoms with Crippen LogP contribution in [0.4, 0.5) is 0 Å². The van der Waals surface area contributed by atoms with E-state index in [-0.39, 0.29) is 4.90 Å². The molecule has 0 saturated carbocycles. The SMILES string of the molecule is Cc1nc2ncc(S(=O)(=O)Cl)cc2o1. The molecule has 0 amide bonds. The Bertz CT molecular complexity index is 590. The molecule has 0 aliphatic rings. The number of hydrogen-bond donors (Lipinski definition) is 0. The van der Waals surface area contributed by atoms with E-state index in [2.05, 4.69) is 9.97 Å². The first-order chi connectivity index (χ1) is 6.47. The number of rotatable bonds is 1. The largest absolute Gasteiger partial charge is 0.439 e. The minimum atomic E-state index is -3.76. The fourth-order valence-electron chi connectivity index (χ4n) is 1.04. The van der Waals surface area contributed by atoms with E-state index in [0.29, 0.717) is 17.1 Å². The molecule has 0 spiro atoms. The van der Waals surface area contributed by atoms with Crippen LogP contribution in [0.3, 0.4) is 0 Å². The molecule has 0 aliphatic heterocycles. The lowest BCUT2D eigenvalue weighted by Crippen LogP contribution is -1.91. The van der Waals surface area contributed by atoms with Gasteiger partial charge < -0.3 is 4.42 Å². The van der Waals surface area contributed by atoms with E-state index in [0.717, 1.165) is 6.20 Å². The van der Waals surface area contributed by atoms with Crippen LogP contribution in [0, 0.1) is 6.92 Å². The third-order valence-electron chi connectivity index (χ3n) is 1.61. The molecule has 2 aromatic rings. The van der Waals surface area contributed by atoms with Crippen LogP contribution in [-0.4, -0.2) is 18.4 Å². The molecule has 0 bridgehead atoms. The van der Waals surface area contributed by atoms with Crippen LogP contribution in [0.5, 0.6) is 0 Å². The van der Waals surface area contributed by atoms with Gasteiger partial charge in [-0.3, -0.25) is 0 Å². The maximum absolute atomic E-state index is 10.9. The van der Waals surface area contributed by atoms with Gasteiger partial charge >= 0.3 is 0 Å². The molecular formula is C7H5ClN2O3S.